The second-order valence-corrected chi connectivity index (χ2v) is 6.98. The molecule has 4 rings (SSSR count). The largest absolute Gasteiger partial charge is 0.344 e. The van der Waals surface area contributed by atoms with Crippen molar-refractivity contribution in [3.63, 3.8) is 0 Å². The maximum absolute atomic E-state index is 12.9. The molecule has 0 saturated carbocycles. The molecule has 1 aliphatic carbocycles. The van der Waals surface area contributed by atoms with Crippen molar-refractivity contribution in [1.29, 1.82) is 0 Å². The van der Waals surface area contributed by atoms with Crippen molar-refractivity contribution in [1.82, 2.24) is 15.1 Å². The van der Waals surface area contributed by atoms with E-state index >= 15 is 0 Å². The first-order chi connectivity index (χ1) is 12.6. The summed E-state index contributed by atoms with van der Waals surface area (Å²) >= 11 is 0. The van der Waals surface area contributed by atoms with Gasteiger partial charge >= 0.3 is 0 Å². The van der Waals surface area contributed by atoms with Gasteiger partial charge in [0.1, 0.15) is 0 Å². The van der Waals surface area contributed by atoms with Gasteiger partial charge in [0, 0.05) is 11.3 Å². The Labute approximate surface area is 153 Å². The summed E-state index contributed by atoms with van der Waals surface area (Å²) in [6, 6.07) is 18.3. The number of aryl methyl sites for hydroxylation is 1. The van der Waals surface area contributed by atoms with Gasteiger partial charge < -0.3 is 5.32 Å². The number of hydrogen-bond acceptors (Lipinski definition) is 2. The van der Waals surface area contributed by atoms with Crippen LogP contribution in [0.3, 0.4) is 0 Å². The minimum Gasteiger partial charge on any atom is -0.344 e. The molecule has 0 aliphatic heterocycles. The Morgan fingerprint density at radius 2 is 1.81 bits per heavy atom. The van der Waals surface area contributed by atoms with E-state index in [0.29, 0.717) is 5.69 Å². The van der Waals surface area contributed by atoms with Gasteiger partial charge in [0.25, 0.3) is 5.91 Å². The molecule has 0 spiro atoms. The van der Waals surface area contributed by atoms with Crippen LogP contribution in [0, 0.1) is 6.92 Å². The molecular formula is C22H23N3O. The number of hydrogen-bond donors (Lipinski definition) is 1. The summed E-state index contributed by atoms with van der Waals surface area (Å²) in [6.45, 7) is 4.07. The van der Waals surface area contributed by atoms with Crippen LogP contribution in [-0.2, 0) is 12.8 Å². The zero-order valence-electron chi connectivity index (χ0n) is 15.2. The predicted octanol–water partition coefficient (Wildman–Crippen LogP) is 4.16. The molecule has 3 aromatic rings. The number of carbonyl (C=O) groups excluding carboxylic acids is 1. The quantitative estimate of drug-likeness (QED) is 0.772. The number of carbonyl (C=O) groups is 1. The molecule has 1 atom stereocenters. The lowest BCUT2D eigenvalue weighted by atomic mass is 10.1. The second kappa shape index (κ2) is 6.79. The van der Waals surface area contributed by atoms with Gasteiger partial charge in [0.15, 0.2) is 5.69 Å². The average Bonchev–Trinajstić information content (AvgIpc) is 3.25. The number of fused-ring (bicyclic) bond motifs is 1. The van der Waals surface area contributed by atoms with Crippen LogP contribution >= 0.6 is 0 Å². The number of nitrogens with one attached hydrogen (secondary N) is 1. The van der Waals surface area contributed by atoms with E-state index in [0.717, 1.165) is 36.1 Å². The van der Waals surface area contributed by atoms with Crippen LogP contribution in [0.15, 0.2) is 54.6 Å². The van der Waals surface area contributed by atoms with Crippen molar-refractivity contribution in [2.45, 2.75) is 39.2 Å². The van der Waals surface area contributed by atoms with E-state index in [2.05, 4.69) is 41.6 Å². The molecule has 26 heavy (non-hydrogen) atoms. The molecule has 1 unspecified atom stereocenters. The van der Waals surface area contributed by atoms with Gasteiger partial charge in [-0.25, -0.2) is 4.68 Å². The highest BCUT2D eigenvalue weighted by Gasteiger charge is 2.27. The van der Waals surface area contributed by atoms with Crippen molar-refractivity contribution >= 4 is 5.91 Å². The molecule has 1 N–H and O–H groups in total. The Bertz CT molecular complexity index is 926. The van der Waals surface area contributed by atoms with Gasteiger partial charge in [0.2, 0.25) is 0 Å². The molecule has 4 heteroatoms. The fourth-order valence-electron chi connectivity index (χ4n) is 3.61. The summed E-state index contributed by atoms with van der Waals surface area (Å²) in [5, 5.41) is 7.78. The van der Waals surface area contributed by atoms with Crippen molar-refractivity contribution in [3.8, 4) is 5.69 Å². The van der Waals surface area contributed by atoms with E-state index in [1.54, 1.807) is 0 Å². The Balaban J connectivity index is 1.61. The molecule has 1 aromatic heterocycles. The van der Waals surface area contributed by atoms with Crippen LogP contribution in [0.2, 0.25) is 0 Å². The van der Waals surface area contributed by atoms with Crippen LogP contribution < -0.4 is 5.32 Å². The van der Waals surface area contributed by atoms with Crippen molar-refractivity contribution in [2.24, 2.45) is 0 Å². The summed E-state index contributed by atoms with van der Waals surface area (Å²) in [7, 11) is 0. The molecule has 0 radical (unpaired) electrons. The zero-order chi connectivity index (χ0) is 18.1. The minimum absolute atomic E-state index is 0.0537. The second-order valence-electron chi connectivity index (χ2n) is 6.98. The van der Waals surface area contributed by atoms with Crippen molar-refractivity contribution < 1.29 is 4.79 Å². The number of rotatable bonds is 4. The monoisotopic (exact) mass is 345 g/mol. The number of para-hydroxylation sites is 1. The lowest BCUT2D eigenvalue weighted by Gasteiger charge is -2.14. The van der Waals surface area contributed by atoms with E-state index in [4.69, 9.17) is 0 Å². The molecule has 132 valence electrons. The first kappa shape index (κ1) is 16.6. The summed E-state index contributed by atoms with van der Waals surface area (Å²) in [5.41, 5.74) is 6.16. The summed E-state index contributed by atoms with van der Waals surface area (Å²) in [4.78, 5) is 12.9. The Kier molecular flexibility index (Phi) is 4.33. The van der Waals surface area contributed by atoms with Crippen LogP contribution in [0.5, 0.6) is 0 Å². The van der Waals surface area contributed by atoms with E-state index in [9.17, 15) is 4.79 Å². The summed E-state index contributed by atoms with van der Waals surface area (Å²) in [6.07, 6.45) is 2.97. The first-order valence-corrected chi connectivity index (χ1v) is 9.17. The third-order valence-corrected chi connectivity index (χ3v) is 5.07. The van der Waals surface area contributed by atoms with E-state index in [-0.39, 0.29) is 11.9 Å². The van der Waals surface area contributed by atoms with Crippen molar-refractivity contribution in [3.05, 3.63) is 82.7 Å². The summed E-state index contributed by atoms with van der Waals surface area (Å²) < 4.78 is 1.94. The Morgan fingerprint density at radius 3 is 2.54 bits per heavy atom. The van der Waals surface area contributed by atoms with E-state index in [1.165, 1.54) is 11.3 Å². The molecule has 0 bridgehead atoms. The predicted molar refractivity (Wildman–Crippen MR) is 103 cm³/mol. The fourth-order valence-corrected chi connectivity index (χ4v) is 3.61. The lowest BCUT2D eigenvalue weighted by molar-refractivity contribution is 0.0933. The SMILES string of the molecule is Cc1ccc(C(C)NC(=O)c2nn(-c3ccccc3)c3c2CCC3)cc1. The minimum atomic E-state index is -0.0918. The van der Waals surface area contributed by atoms with Gasteiger partial charge in [-0.15, -0.1) is 0 Å². The standard InChI is InChI=1S/C22H23N3O/c1-15-11-13-17(14-12-15)16(2)23-22(26)21-19-9-6-10-20(19)25(24-21)18-7-4-3-5-8-18/h3-5,7-8,11-14,16H,6,9-10H2,1-2H3,(H,23,26). The Morgan fingerprint density at radius 1 is 1.08 bits per heavy atom. The molecule has 0 saturated heterocycles. The van der Waals surface area contributed by atoms with Gasteiger partial charge in [0.05, 0.1) is 11.7 Å². The van der Waals surface area contributed by atoms with Crippen molar-refractivity contribution in [2.75, 3.05) is 0 Å². The maximum Gasteiger partial charge on any atom is 0.272 e. The van der Waals surface area contributed by atoms with Crippen LogP contribution in [0.25, 0.3) is 5.69 Å². The van der Waals surface area contributed by atoms with E-state index in [1.807, 2.05) is 41.9 Å². The number of amides is 1. The third-order valence-electron chi connectivity index (χ3n) is 5.07. The number of nitrogens with zero attached hydrogens (tertiary/aromatic N) is 2. The van der Waals surface area contributed by atoms with E-state index < -0.39 is 0 Å². The molecule has 1 heterocycles. The number of benzene rings is 2. The highest BCUT2D eigenvalue weighted by Crippen LogP contribution is 2.28. The molecule has 1 aliphatic rings. The maximum atomic E-state index is 12.9. The number of aromatic nitrogens is 2. The molecular weight excluding hydrogens is 322 g/mol. The smallest absolute Gasteiger partial charge is 0.272 e. The topological polar surface area (TPSA) is 46.9 Å². The highest BCUT2D eigenvalue weighted by molar-refractivity contribution is 5.94. The van der Waals surface area contributed by atoms with Gasteiger partial charge in [-0.1, -0.05) is 48.0 Å². The van der Waals surface area contributed by atoms with Gasteiger partial charge in [-0.3, -0.25) is 4.79 Å². The highest BCUT2D eigenvalue weighted by atomic mass is 16.2. The zero-order valence-corrected chi connectivity index (χ0v) is 15.2. The Hall–Kier alpha value is -2.88. The molecule has 1 amide bonds. The van der Waals surface area contributed by atoms with Crippen LogP contribution in [-0.4, -0.2) is 15.7 Å². The molecule has 2 aromatic carbocycles. The van der Waals surface area contributed by atoms with Gasteiger partial charge in [-0.2, -0.15) is 5.10 Å². The normalized spacial score (nSPS) is 14.1. The van der Waals surface area contributed by atoms with Crippen LogP contribution in [0.4, 0.5) is 0 Å². The molecule has 4 nitrogen and oxygen atoms in total. The molecule has 0 fully saturated rings. The third kappa shape index (κ3) is 3.03. The lowest BCUT2D eigenvalue weighted by Crippen LogP contribution is -2.28. The fraction of sp³-hybridized carbons (Fsp3) is 0.273. The first-order valence-electron chi connectivity index (χ1n) is 9.17. The average molecular weight is 345 g/mol. The van der Waals surface area contributed by atoms with Gasteiger partial charge in [-0.05, 0) is 50.8 Å². The summed E-state index contributed by atoms with van der Waals surface area (Å²) in [5.74, 6) is -0.0918. The van der Waals surface area contributed by atoms with Crippen LogP contribution in [0.1, 0.15) is 52.3 Å².